The lowest BCUT2D eigenvalue weighted by Crippen LogP contribution is -2.15. The molecular formula is C21H16ClN3O3S. The van der Waals surface area contributed by atoms with E-state index in [1.165, 1.54) is 24.3 Å². The molecule has 146 valence electrons. The second-order valence-electron chi connectivity index (χ2n) is 6.10. The van der Waals surface area contributed by atoms with Gasteiger partial charge in [0.1, 0.15) is 0 Å². The Morgan fingerprint density at radius 2 is 1.62 bits per heavy atom. The Morgan fingerprint density at radius 1 is 0.966 bits per heavy atom. The van der Waals surface area contributed by atoms with Gasteiger partial charge in [-0.2, -0.15) is 5.26 Å². The van der Waals surface area contributed by atoms with Crippen molar-refractivity contribution in [1.29, 1.82) is 5.26 Å². The van der Waals surface area contributed by atoms with Gasteiger partial charge >= 0.3 is 0 Å². The first kappa shape index (κ1) is 20.4. The molecule has 0 heterocycles. The molecule has 3 aromatic carbocycles. The largest absolute Gasteiger partial charge is 0.322 e. The number of amides is 1. The Bertz CT molecular complexity index is 1170. The zero-order valence-corrected chi connectivity index (χ0v) is 16.7. The molecule has 0 saturated heterocycles. The van der Waals surface area contributed by atoms with E-state index in [9.17, 15) is 13.2 Å². The minimum Gasteiger partial charge on any atom is -0.322 e. The third-order valence-corrected chi connectivity index (χ3v) is 5.75. The van der Waals surface area contributed by atoms with Gasteiger partial charge in [-0.1, -0.05) is 35.9 Å². The van der Waals surface area contributed by atoms with E-state index in [1.54, 1.807) is 48.5 Å². The van der Waals surface area contributed by atoms with E-state index >= 15 is 0 Å². The third kappa shape index (κ3) is 5.13. The molecule has 6 nitrogen and oxygen atoms in total. The van der Waals surface area contributed by atoms with Crippen molar-refractivity contribution in [2.75, 3.05) is 10.0 Å². The zero-order chi connectivity index (χ0) is 20.9. The fourth-order valence-electron chi connectivity index (χ4n) is 2.53. The molecular weight excluding hydrogens is 410 g/mol. The average molecular weight is 426 g/mol. The highest BCUT2D eigenvalue weighted by Crippen LogP contribution is 2.24. The van der Waals surface area contributed by atoms with Crippen molar-refractivity contribution < 1.29 is 13.2 Å². The lowest BCUT2D eigenvalue weighted by Gasteiger charge is -2.10. The summed E-state index contributed by atoms with van der Waals surface area (Å²) in [6.07, 6.45) is 0.298. The molecule has 8 heteroatoms. The Hall–Kier alpha value is -3.34. The molecule has 0 fully saturated rings. The van der Waals surface area contributed by atoms with Crippen molar-refractivity contribution in [2.45, 2.75) is 11.3 Å². The number of para-hydroxylation sites is 1. The highest BCUT2D eigenvalue weighted by atomic mass is 35.5. The fraction of sp³-hybridized carbons (Fsp3) is 0.0476. The van der Waals surface area contributed by atoms with Gasteiger partial charge in [-0.05, 0) is 54.1 Å². The van der Waals surface area contributed by atoms with Crippen LogP contribution in [0.2, 0.25) is 5.02 Å². The number of anilines is 2. The molecule has 3 aromatic rings. The quantitative estimate of drug-likeness (QED) is 0.609. The van der Waals surface area contributed by atoms with Crippen LogP contribution in [0.5, 0.6) is 0 Å². The summed E-state index contributed by atoms with van der Waals surface area (Å²) in [5.74, 6) is -0.374. The van der Waals surface area contributed by atoms with Crippen LogP contribution in [0.4, 0.5) is 11.4 Å². The Labute approximate surface area is 173 Å². The van der Waals surface area contributed by atoms with Crippen LogP contribution in [0.1, 0.15) is 15.9 Å². The number of halogens is 1. The monoisotopic (exact) mass is 425 g/mol. The summed E-state index contributed by atoms with van der Waals surface area (Å²) < 4.78 is 27.5. The molecule has 1 amide bonds. The summed E-state index contributed by atoms with van der Waals surface area (Å²) in [5.41, 5.74) is 2.01. The van der Waals surface area contributed by atoms with Gasteiger partial charge in [-0.25, -0.2) is 8.42 Å². The van der Waals surface area contributed by atoms with Crippen LogP contribution in [0.3, 0.4) is 0 Å². The van der Waals surface area contributed by atoms with Crippen molar-refractivity contribution in [1.82, 2.24) is 0 Å². The Kier molecular flexibility index (Phi) is 6.17. The van der Waals surface area contributed by atoms with Gasteiger partial charge in [-0.3, -0.25) is 9.52 Å². The Morgan fingerprint density at radius 3 is 2.24 bits per heavy atom. The number of sulfonamides is 1. The standard InChI is InChI=1S/C21H16ClN3O3S/c22-19-3-1-2-4-20(19)25-29(27,28)18-11-7-16(8-12-18)21(26)24-17-9-5-15(6-10-17)13-14-23/h1-12,25H,13H2,(H,24,26). The van der Waals surface area contributed by atoms with E-state index in [1.807, 2.05) is 0 Å². The molecule has 3 rings (SSSR count). The molecule has 0 atom stereocenters. The van der Waals surface area contributed by atoms with Crippen LogP contribution in [0, 0.1) is 11.3 Å². The van der Waals surface area contributed by atoms with Gasteiger partial charge in [0.25, 0.3) is 15.9 Å². The first-order valence-corrected chi connectivity index (χ1v) is 10.4. The molecule has 0 aliphatic carbocycles. The lowest BCUT2D eigenvalue weighted by atomic mass is 10.1. The van der Waals surface area contributed by atoms with Crippen molar-refractivity contribution in [3.63, 3.8) is 0 Å². The van der Waals surface area contributed by atoms with E-state index in [4.69, 9.17) is 16.9 Å². The van der Waals surface area contributed by atoms with Crippen molar-refractivity contribution in [3.05, 3.63) is 88.9 Å². The minimum atomic E-state index is -3.84. The topological polar surface area (TPSA) is 99.1 Å². The smallest absolute Gasteiger partial charge is 0.261 e. The molecule has 0 aliphatic rings. The van der Waals surface area contributed by atoms with E-state index in [0.717, 1.165) is 5.56 Å². The highest BCUT2D eigenvalue weighted by molar-refractivity contribution is 7.92. The average Bonchev–Trinajstić information content (AvgIpc) is 2.71. The first-order chi connectivity index (χ1) is 13.9. The van der Waals surface area contributed by atoms with Crippen molar-refractivity contribution in [2.24, 2.45) is 0 Å². The number of carbonyl (C=O) groups excluding carboxylic acids is 1. The molecule has 0 spiro atoms. The number of benzene rings is 3. The molecule has 0 aromatic heterocycles. The molecule has 0 unspecified atom stereocenters. The number of rotatable bonds is 6. The van der Waals surface area contributed by atoms with E-state index in [2.05, 4.69) is 16.1 Å². The summed E-state index contributed by atoms with van der Waals surface area (Å²) in [4.78, 5) is 12.4. The molecule has 0 aliphatic heterocycles. The van der Waals surface area contributed by atoms with Gasteiger partial charge in [0.05, 0.1) is 28.1 Å². The fourth-order valence-corrected chi connectivity index (χ4v) is 3.85. The number of nitrogens with one attached hydrogen (secondary N) is 2. The van der Waals surface area contributed by atoms with Crippen LogP contribution in [-0.2, 0) is 16.4 Å². The van der Waals surface area contributed by atoms with Gasteiger partial charge in [0.15, 0.2) is 0 Å². The minimum absolute atomic E-state index is 0.00910. The van der Waals surface area contributed by atoms with E-state index in [-0.39, 0.29) is 21.5 Å². The third-order valence-electron chi connectivity index (χ3n) is 4.04. The van der Waals surface area contributed by atoms with Crippen LogP contribution in [0.25, 0.3) is 0 Å². The predicted molar refractivity (Wildman–Crippen MR) is 112 cm³/mol. The first-order valence-electron chi connectivity index (χ1n) is 8.54. The van der Waals surface area contributed by atoms with Crippen molar-refractivity contribution in [3.8, 4) is 6.07 Å². The number of nitrogens with zero attached hydrogens (tertiary/aromatic N) is 1. The maximum absolute atomic E-state index is 12.5. The number of carbonyl (C=O) groups is 1. The van der Waals surface area contributed by atoms with Crippen LogP contribution in [0.15, 0.2) is 77.7 Å². The normalized spacial score (nSPS) is 10.8. The van der Waals surface area contributed by atoms with Crippen LogP contribution >= 0.6 is 11.6 Å². The second-order valence-corrected chi connectivity index (χ2v) is 8.19. The van der Waals surface area contributed by atoms with Crippen LogP contribution < -0.4 is 10.0 Å². The summed E-state index contributed by atoms with van der Waals surface area (Å²) >= 11 is 5.99. The predicted octanol–water partition coefficient (Wildman–Crippen LogP) is 4.46. The molecule has 0 saturated carbocycles. The van der Waals surface area contributed by atoms with Gasteiger partial charge in [-0.15, -0.1) is 0 Å². The Balaban J connectivity index is 1.71. The molecule has 0 bridgehead atoms. The number of nitriles is 1. The van der Waals surface area contributed by atoms with E-state index in [0.29, 0.717) is 17.7 Å². The number of hydrogen-bond donors (Lipinski definition) is 2. The maximum atomic E-state index is 12.5. The molecule has 29 heavy (non-hydrogen) atoms. The van der Waals surface area contributed by atoms with E-state index < -0.39 is 10.0 Å². The number of hydrogen-bond acceptors (Lipinski definition) is 4. The lowest BCUT2D eigenvalue weighted by molar-refractivity contribution is 0.102. The molecule has 0 radical (unpaired) electrons. The van der Waals surface area contributed by atoms with Gasteiger partial charge in [0, 0.05) is 11.3 Å². The van der Waals surface area contributed by atoms with Crippen LogP contribution in [-0.4, -0.2) is 14.3 Å². The maximum Gasteiger partial charge on any atom is 0.261 e. The molecule has 2 N–H and O–H groups in total. The summed E-state index contributed by atoms with van der Waals surface area (Å²) in [6, 6.07) is 21.1. The SMILES string of the molecule is N#CCc1ccc(NC(=O)c2ccc(S(=O)(=O)Nc3ccccc3Cl)cc2)cc1. The summed E-state index contributed by atoms with van der Waals surface area (Å²) in [5, 5.41) is 11.7. The van der Waals surface area contributed by atoms with Crippen molar-refractivity contribution >= 4 is 38.9 Å². The van der Waals surface area contributed by atoms with Gasteiger partial charge in [0.2, 0.25) is 0 Å². The second kappa shape index (κ2) is 8.78. The summed E-state index contributed by atoms with van der Waals surface area (Å²) in [7, 11) is -3.84. The zero-order valence-electron chi connectivity index (χ0n) is 15.1. The highest BCUT2D eigenvalue weighted by Gasteiger charge is 2.16. The van der Waals surface area contributed by atoms with Gasteiger partial charge < -0.3 is 5.32 Å². The summed E-state index contributed by atoms with van der Waals surface area (Å²) in [6.45, 7) is 0.